The van der Waals surface area contributed by atoms with Crippen LogP contribution in [0.4, 0.5) is 0 Å². The number of halogens is 1. The molecular formula is C17H24ClN. The van der Waals surface area contributed by atoms with Gasteiger partial charge in [0.05, 0.1) is 6.04 Å². The van der Waals surface area contributed by atoms with Gasteiger partial charge in [-0.3, -0.25) is 0 Å². The van der Waals surface area contributed by atoms with Gasteiger partial charge in [0, 0.05) is 5.02 Å². The van der Waals surface area contributed by atoms with Crippen molar-refractivity contribution in [3.63, 3.8) is 0 Å². The standard InChI is InChI=1S/C17H24ClN/c1-3-19-17(14-8-6-4-5-7-9-14)15-11-10-13(2)12-16(15)18/h8,10-12,17,19H,3-7,9H2,1-2H3. The minimum absolute atomic E-state index is 0.288. The predicted molar refractivity (Wildman–Crippen MR) is 83.8 cm³/mol. The molecule has 0 aliphatic heterocycles. The molecule has 0 aromatic heterocycles. The second-order valence-electron chi connectivity index (χ2n) is 5.39. The van der Waals surface area contributed by atoms with Gasteiger partial charge in [0.1, 0.15) is 0 Å². The van der Waals surface area contributed by atoms with E-state index in [0.717, 1.165) is 11.6 Å². The van der Waals surface area contributed by atoms with E-state index < -0.39 is 0 Å². The van der Waals surface area contributed by atoms with Crippen LogP contribution in [-0.4, -0.2) is 6.54 Å². The minimum atomic E-state index is 0.288. The van der Waals surface area contributed by atoms with Gasteiger partial charge < -0.3 is 5.32 Å². The molecule has 1 aromatic rings. The first kappa shape index (κ1) is 14.6. The van der Waals surface area contributed by atoms with Crippen LogP contribution in [0, 0.1) is 6.92 Å². The maximum atomic E-state index is 6.45. The van der Waals surface area contributed by atoms with Crippen molar-refractivity contribution in [2.45, 2.75) is 52.0 Å². The Labute approximate surface area is 122 Å². The third-order valence-corrected chi connectivity index (χ3v) is 4.15. The SMILES string of the molecule is CCNC(C1=CCCCCC1)c1ccc(C)cc1Cl. The Kier molecular flexibility index (Phi) is 5.47. The van der Waals surface area contributed by atoms with Crippen LogP contribution >= 0.6 is 11.6 Å². The van der Waals surface area contributed by atoms with Crippen molar-refractivity contribution in [2.75, 3.05) is 6.54 Å². The van der Waals surface area contributed by atoms with Crippen LogP contribution in [0.5, 0.6) is 0 Å². The second-order valence-corrected chi connectivity index (χ2v) is 5.80. The Morgan fingerprint density at radius 1 is 1.26 bits per heavy atom. The smallest absolute Gasteiger partial charge is 0.0550 e. The number of allylic oxidation sites excluding steroid dienone is 1. The second kappa shape index (κ2) is 7.12. The first-order chi connectivity index (χ1) is 9.22. The molecule has 0 fully saturated rings. The van der Waals surface area contributed by atoms with Crippen LogP contribution in [0.3, 0.4) is 0 Å². The summed E-state index contributed by atoms with van der Waals surface area (Å²) >= 11 is 6.45. The van der Waals surface area contributed by atoms with Crippen LogP contribution in [0.25, 0.3) is 0 Å². The van der Waals surface area contributed by atoms with E-state index in [-0.39, 0.29) is 6.04 Å². The van der Waals surface area contributed by atoms with Crippen molar-refractivity contribution in [3.8, 4) is 0 Å². The number of benzene rings is 1. The van der Waals surface area contributed by atoms with E-state index in [0.29, 0.717) is 0 Å². The molecule has 0 heterocycles. The fraction of sp³-hybridized carbons (Fsp3) is 0.529. The molecule has 19 heavy (non-hydrogen) atoms. The fourth-order valence-electron chi connectivity index (χ4n) is 2.81. The summed E-state index contributed by atoms with van der Waals surface area (Å²) in [6.45, 7) is 5.21. The molecular weight excluding hydrogens is 254 g/mol. The first-order valence-electron chi connectivity index (χ1n) is 7.40. The highest BCUT2D eigenvalue weighted by Gasteiger charge is 2.19. The average molecular weight is 278 g/mol. The monoisotopic (exact) mass is 277 g/mol. The van der Waals surface area contributed by atoms with Gasteiger partial charge in [-0.15, -0.1) is 0 Å². The molecule has 1 N–H and O–H groups in total. The zero-order valence-corrected chi connectivity index (χ0v) is 12.8. The maximum Gasteiger partial charge on any atom is 0.0550 e. The Morgan fingerprint density at radius 3 is 2.84 bits per heavy atom. The molecule has 0 amide bonds. The van der Waals surface area contributed by atoms with E-state index in [1.807, 2.05) is 0 Å². The third kappa shape index (κ3) is 3.84. The van der Waals surface area contributed by atoms with Gasteiger partial charge in [-0.25, -0.2) is 0 Å². The zero-order valence-electron chi connectivity index (χ0n) is 12.0. The van der Waals surface area contributed by atoms with Crippen molar-refractivity contribution >= 4 is 11.6 Å². The van der Waals surface area contributed by atoms with Crippen LogP contribution in [0.1, 0.15) is 56.2 Å². The fourth-order valence-corrected chi connectivity index (χ4v) is 3.16. The highest BCUT2D eigenvalue weighted by molar-refractivity contribution is 6.31. The molecule has 0 spiro atoms. The van der Waals surface area contributed by atoms with Gasteiger partial charge in [0.2, 0.25) is 0 Å². The molecule has 1 aromatic carbocycles. The number of hydrogen-bond acceptors (Lipinski definition) is 1. The topological polar surface area (TPSA) is 12.0 Å². The van der Waals surface area contributed by atoms with E-state index in [9.17, 15) is 0 Å². The zero-order chi connectivity index (χ0) is 13.7. The molecule has 0 radical (unpaired) electrons. The summed E-state index contributed by atoms with van der Waals surface area (Å²) in [7, 11) is 0. The highest BCUT2D eigenvalue weighted by Crippen LogP contribution is 2.33. The van der Waals surface area contributed by atoms with Crippen molar-refractivity contribution in [2.24, 2.45) is 0 Å². The number of nitrogens with one attached hydrogen (secondary N) is 1. The molecule has 1 unspecified atom stereocenters. The summed E-state index contributed by atoms with van der Waals surface area (Å²) in [6.07, 6.45) is 8.81. The van der Waals surface area contributed by atoms with E-state index in [1.165, 1.54) is 48.8 Å². The molecule has 1 nitrogen and oxygen atoms in total. The van der Waals surface area contributed by atoms with Crippen LogP contribution in [0.15, 0.2) is 29.8 Å². The molecule has 0 saturated heterocycles. The van der Waals surface area contributed by atoms with Crippen LogP contribution in [-0.2, 0) is 0 Å². The highest BCUT2D eigenvalue weighted by atomic mass is 35.5. The molecule has 2 rings (SSSR count). The van der Waals surface area contributed by atoms with Crippen LogP contribution < -0.4 is 5.32 Å². The molecule has 1 aliphatic carbocycles. The number of likely N-dealkylation sites (N-methyl/N-ethyl adjacent to an activating group) is 1. The lowest BCUT2D eigenvalue weighted by atomic mass is 9.94. The minimum Gasteiger partial charge on any atom is -0.307 e. The molecule has 0 saturated carbocycles. The molecule has 1 aliphatic rings. The number of aryl methyl sites for hydroxylation is 1. The van der Waals surface area contributed by atoms with Gasteiger partial charge in [0.15, 0.2) is 0 Å². The summed E-state index contributed by atoms with van der Waals surface area (Å²) < 4.78 is 0. The van der Waals surface area contributed by atoms with Crippen molar-refractivity contribution in [1.29, 1.82) is 0 Å². The normalized spacial score (nSPS) is 17.7. The van der Waals surface area contributed by atoms with Crippen LogP contribution in [0.2, 0.25) is 5.02 Å². The van der Waals surface area contributed by atoms with Crippen molar-refractivity contribution < 1.29 is 0 Å². The predicted octanol–water partition coefficient (Wildman–Crippen LogP) is 5.19. The van der Waals surface area contributed by atoms with E-state index in [2.05, 4.69) is 43.4 Å². The van der Waals surface area contributed by atoms with Gasteiger partial charge in [-0.2, -0.15) is 0 Å². The molecule has 1 atom stereocenters. The lowest BCUT2D eigenvalue weighted by Crippen LogP contribution is -2.23. The molecule has 104 valence electrons. The Bertz CT molecular complexity index is 451. The van der Waals surface area contributed by atoms with Gasteiger partial charge >= 0.3 is 0 Å². The number of hydrogen-bond donors (Lipinski definition) is 1. The summed E-state index contributed by atoms with van der Waals surface area (Å²) in [4.78, 5) is 0. The first-order valence-corrected chi connectivity index (χ1v) is 7.78. The summed E-state index contributed by atoms with van der Waals surface area (Å²) in [5.41, 5.74) is 3.96. The molecule has 2 heteroatoms. The van der Waals surface area contributed by atoms with Gasteiger partial charge in [-0.05, 0) is 56.3 Å². The quantitative estimate of drug-likeness (QED) is 0.747. The Hall–Kier alpha value is -0.790. The third-order valence-electron chi connectivity index (χ3n) is 3.82. The summed E-state index contributed by atoms with van der Waals surface area (Å²) in [6, 6.07) is 6.69. The summed E-state index contributed by atoms with van der Waals surface area (Å²) in [5, 5.41) is 4.49. The maximum absolute atomic E-state index is 6.45. The lowest BCUT2D eigenvalue weighted by Gasteiger charge is -2.23. The lowest BCUT2D eigenvalue weighted by molar-refractivity contribution is 0.589. The number of rotatable bonds is 4. The van der Waals surface area contributed by atoms with E-state index in [4.69, 9.17) is 11.6 Å². The van der Waals surface area contributed by atoms with Gasteiger partial charge in [-0.1, -0.05) is 48.7 Å². The summed E-state index contributed by atoms with van der Waals surface area (Å²) in [5.74, 6) is 0. The van der Waals surface area contributed by atoms with E-state index in [1.54, 1.807) is 0 Å². The van der Waals surface area contributed by atoms with Gasteiger partial charge in [0.25, 0.3) is 0 Å². The van der Waals surface area contributed by atoms with E-state index >= 15 is 0 Å². The van der Waals surface area contributed by atoms with Crippen molar-refractivity contribution in [3.05, 3.63) is 46.0 Å². The van der Waals surface area contributed by atoms with Crippen molar-refractivity contribution in [1.82, 2.24) is 5.32 Å². The average Bonchev–Trinajstić information content (AvgIpc) is 2.65. The molecule has 0 bridgehead atoms. The Balaban J connectivity index is 2.30. The largest absolute Gasteiger partial charge is 0.307 e. The Morgan fingerprint density at radius 2 is 2.11 bits per heavy atom.